The number of ether oxygens (including phenoxy) is 1. The van der Waals surface area contributed by atoms with Crippen LogP contribution in [0.2, 0.25) is 5.02 Å². The maximum atomic E-state index is 12.6. The molecule has 0 bridgehead atoms. The minimum atomic E-state index is -0.229. The van der Waals surface area contributed by atoms with Crippen LogP contribution in [0.5, 0.6) is 11.5 Å². The molecule has 0 fully saturated rings. The molecule has 4 heteroatoms. The number of amides is 1. The van der Waals surface area contributed by atoms with Gasteiger partial charge in [-0.05, 0) is 61.4 Å². The Morgan fingerprint density at radius 2 is 1.64 bits per heavy atom. The summed E-state index contributed by atoms with van der Waals surface area (Å²) in [6, 6.07) is 20.3. The Labute approximate surface area is 152 Å². The van der Waals surface area contributed by atoms with E-state index >= 15 is 0 Å². The fourth-order valence-corrected chi connectivity index (χ4v) is 2.95. The molecule has 126 valence electrons. The zero-order chi connectivity index (χ0) is 17.8. The van der Waals surface area contributed by atoms with Crippen molar-refractivity contribution < 1.29 is 9.53 Å². The van der Waals surface area contributed by atoms with E-state index in [0.717, 1.165) is 16.9 Å². The van der Waals surface area contributed by atoms with E-state index < -0.39 is 0 Å². The fourth-order valence-electron chi connectivity index (χ4n) is 2.59. The van der Waals surface area contributed by atoms with Crippen LogP contribution < -0.4 is 10.1 Å². The van der Waals surface area contributed by atoms with Crippen LogP contribution in [0.4, 0.5) is 5.69 Å². The Balaban J connectivity index is 1.80. The molecule has 1 N–H and O–H groups in total. The third-order valence-corrected chi connectivity index (χ3v) is 4.04. The van der Waals surface area contributed by atoms with Crippen molar-refractivity contribution in [2.24, 2.45) is 0 Å². The normalized spacial score (nSPS) is 10.4. The van der Waals surface area contributed by atoms with E-state index in [9.17, 15) is 4.79 Å². The molecule has 0 aromatic heterocycles. The Hall–Kier alpha value is -2.78. The topological polar surface area (TPSA) is 38.3 Å². The smallest absolute Gasteiger partial charge is 0.255 e. The van der Waals surface area contributed by atoms with Gasteiger partial charge in [-0.1, -0.05) is 41.9 Å². The molecule has 0 saturated carbocycles. The molecule has 0 saturated heterocycles. The number of hydrogen-bond acceptors (Lipinski definition) is 2. The average molecular weight is 352 g/mol. The van der Waals surface area contributed by atoms with Crippen LogP contribution in [-0.4, -0.2) is 5.91 Å². The number of hydrogen-bond donors (Lipinski definition) is 1. The third kappa shape index (κ3) is 4.20. The van der Waals surface area contributed by atoms with Crippen molar-refractivity contribution in [3.63, 3.8) is 0 Å². The Morgan fingerprint density at radius 1 is 0.920 bits per heavy atom. The van der Waals surface area contributed by atoms with Crippen molar-refractivity contribution in [2.75, 3.05) is 5.32 Å². The predicted octanol–water partition coefficient (Wildman–Crippen LogP) is 6.00. The third-order valence-electron chi connectivity index (χ3n) is 3.75. The van der Waals surface area contributed by atoms with Gasteiger partial charge in [0.2, 0.25) is 0 Å². The van der Waals surface area contributed by atoms with Gasteiger partial charge in [-0.2, -0.15) is 0 Å². The highest BCUT2D eigenvalue weighted by Crippen LogP contribution is 2.28. The number of nitrogens with one attached hydrogen (secondary N) is 1. The molecule has 3 rings (SSSR count). The summed E-state index contributed by atoms with van der Waals surface area (Å²) in [4.78, 5) is 12.6. The van der Waals surface area contributed by atoms with Gasteiger partial charge in [0.15, 0.2) is 0 Å². The molecular weight excluding hydrogens is 334 g/mol. The molecule has 0 heterocycles. The van der Waals surface area contributed by atoms with Gasteiger partial charge >= 0.3 is 0 Å². The van der Waals surface area contributed by atoms with Crippen LogP contribution in [0.15, 0.2) is 66.7 Å². The second kappa shape index (κ2) is 7.41. The minimum Gasteiger partial charge on any atom is -0.457 e. The number of carbonyl (C=O) groups excluding carboxylic acids is 1. The van der Waals surface area contributed by atoms with Crippen molar-refractivity contribution in [1.82, 2.24) is 0 Å². The van der Waals surface area contributed by atoms with Crippen molar-refractivity contribution >= 4 is 23.2 Å². The zero-order valence-corrected chi connectivity index (χ0v) is 14.8. The lowest BCUT2D eigenvalue weighted by atomic mass is 10.1. The van der Waals surface area contributed by atoms with Crippen LogP contribution in [0.3, 0.4) is 0 Å². The summed E-state index contributed by atoms with van der Waals surface area (Å²) in [5.74, 6) is 1.09. The Morgan fingerprint density at radius 3 is 2.36 bits per heavy atom. The van der Waals surface area contributed by atoms with Crippen molar-refractivity contribution in [3.05, 3.63) is 88.4 Å². The number of halogens is 1. The summed E-state index contributed by atoms with van der Waals surface area (Å²) < 4.78 is 5.78. The minimum absolute atomic E-state index is 0.229. The van der Waals surface area contributed by atoms with Gasteiger partial charge in [0.1, 0.15) is 11.5 Å². The number of carbonyl (C=O) groups is 1. The van der Waals surface area contributed by atoms with Crippen LogP contribution >= 0.6 is 11.6 Å². The molecule has 25 heavy (non-hydrogen) atoms. The van der Waals surface area contributed by atoms with E-state index in [0.29, 0.717) is 22.0 Å². The molecule has 0 aliphatic rings. The monoisotopic (exact) mass is 351 g/mol. The van der Waals surface area contributed by atoms with E-state index in [2.05, 4.69) is 5.32 Å². The molecule has 0 aliphatic carbocycles. The molecule has 0 aliphatic heterocycles. The van der Waals surface area contributed by atoms with E-state index in [1.165, 1.54) is 0 Å². The first-order valence-corrected chi connectivity index (χ1v) is 8.32. The van der Waals surface area contributed by atoms with E-state index in [1.54, 1.807) is 18.2 Å². The van der Waals surface area contributed by atoms with Gasteiger partial charge in [0, 0.05) is 5.56 Å². The van der Waals surface area contributed by atoms with Gasteiger partial charge in [-0.25, -0.2) is 0 Å². The quantitative estimate of drug-likeness (QED) is 0.625. The van der Waals surface area contributed by atoms with E-state index in [-0.39, 0.29) is 5.91 Å². The predicted molar refractivity (Wildman–Crippen MR) is 102 cm³/mol. The largest absolute Gasteiger partial charge is 0.457 e. The fraction of sp³-hybridized carbons (Fsp3) is 0.0952. The Kier molecular flexibility index (Phi) is 5.05. The van der Waals surface area contributed by atoms with Crippen LogP contribution in [0.1, 0.15) is 21.5 Å². The lowest BCUT2D eigenvalue weighted by Crippen LogP contribution is -2.13. The number of benzene rings is 3. The van der Waals surface area contributed by atoms with Gasteiger partial charge in [0.25, 0.3) is 5.91 Å². The first-order chi connectivity index (χ1) is 12.0. The standard InChI is InChI=1S/C21H18ClNO2/c1-14-11-15(2)20(19(22)12-14)23-21(24)16-7-6-10-18(13-16)25-17-8-4-3-5-9-17/h3-13H,1-2H3,(H,23,24). The summed E-state index contributed by atoms with van der Waals surface area (Å²) in [7, 11) is 0. The number of aryl methyl sites for hydroxylation is 2. The highest BCUT2D eigenvalue weighted by atomic mass is 35.5. The molecule has 0 unspecified atom stereocenters. The summed E-state index contributed by atoms with van der Waals surface area (Å²) in [5, 5.41) is 3.42. The molecule has 3 aromatic rings. The molecule has 1 amide bonds. The van der Waals surface area contributed by atoms with Crippen molar-refractivity contribution in [1.29, 1.82) is 0 Å². The van der Waals surface area contributed by atoms with Crippen LogP contribution in [-0.2, 0) is 0 Å². The molecule has 0 atom stereocenters. The summed E-state index contributed by atoms with van der Waals surface area (Å²) in [6.07, 6.45) is 0. The zero-order valence-electron chi connectivity index (χ0n) is 14.0. The molecule has 0 radical (unpaired) electrons. The second-order valence-electron chi connectivity index (χ2n) is 5.84. The highest BCUT2D eigenvalue weighted by Gasteiger charge is 2.12. The van der Waals surface area contributed by atoms with Crippen molar-refractivity contribution in [2.45, 2.75) is 13.8 Å². The molecule has 3 nitrogen and oxygen atoms in total. The van der Waals surface area contributed by atoms with E-state index in [1.807, 2.05) is 62.4 Å². The molecule has 0 spiro atoms. The SMILES string of the molecule is Cc1cc(C)c(NC(=O)c2cccc(Oc3ccccc3)c2)c(Cl)c1. The van der Waals surface area contributed by atoms with E-state index in [4.69, 9.17) is 16.3 Å². The van der Waals surface area contributed by atoms with Gasteiger partial charge in [0.05, 0.1) is 10.7 Å². The average Bonchev–Trinajstić information content (AvgIpc) is 2.59. The maximum Gasteiger partial charge on any atom is 0.255 e. The highest BCUT2D eigenvalue weighted by molar-refractivity contribution is 6.34. The van der Waals surface area contributed by atoms with Crippen LogP contribution in [0, 0.1) is 13.8 Å². The number of para-hydroxylation sites is 1. The lowest BCUT2D eigenvalue weighted by molar-refractivity contribution is 0.102. The first kappa shape index (κ1) is 17.1. The van der Waals surface area contributed by atoms with Gasteiger partial charge in [-0.15, -0.1) is 0 Å². The second-order valence-corrected chi connectivity index (χ2v) is 6.24. The van der Waals surface area contributed by atoms with Crippen LogP contribution in [0.25, 0.3) is 0 Å². The first-order valence-electron chi connectivity index (χ1n) is 7.94. The molecule has 3 aromatic carbocycles. The summed E-state index contributed by atoms with van der Waals surface area (Å²) in [5.41, 5.74) is 3.12. The number of anilines is 1. The van der Waals surface area contributed by atoms with Gasteiger partial charge < -0.3 is 10.1 Å². The summed E-state index contributed by atoms with van der Waals surface area (Å²) >= 11 is 6.27. The Bertz CT molecular complexity index is 884. The molecular formula is C21H18ClNO2. The summed E-state index contributed by atoms with van der Waals surface area (Å²) in [6.45, 7) is 3.89. The van der Waals surface area contributed by atoms with Crippen molar-refractivity contribution in [3.8, 4) is 11.5 Å². The number of rotatable bonds is 4. The lowest BCUT2D eigenvalue weighted by Gasteiger charge is -2.12. The maximum absolute atomic E-state index is 12.6. The van der Waals surface area contributed by atoms with Gasteiger partial charge in [-0.3, -0.25) is 4.79 Å².